The topological polar surface area (TPSA) is 54.0 Å². The Balaban J connectivity index is 2.45. The van der Waals surface area contributed by atoms with Crippen LogP contribution in [-0.2, 0) is 4.79 Å². The Hall–Kier alpha value is -1.79. The maximum absolute atomic E-state index is 12.8. The standard InChI is InChI=1S/C16H25N3O3/c1-18(2)16(20)15(19-9-7-17-8-10-19)13-11-12(21-3)5-6-14(13)22-4/h5-6,11,15,17H,7-10H2,1-4H3. The van der Waals surface area contributed by atoms with Gasteiger partial charge >= 0.3 is 0 Å². The molecule has 122 valence electrons. The van der Waals surface area contributed by atoms with Crippen LogP contribution in [0.15, 0.2) is 18.2 Å². The summed E-state index contributed by atoms with van der Waals surface area (Å²) in [5.74, 6) is 1.48. The predicted octanol–water partition coefficient (Wildman–Crippen LogP) is 0.738. The second-order valence-corrected chi connectivity index (χ2v) is 5.53. The molecule has 1 aliphatic heterocycles. The molecule has 1 unspecified atom stereocenters. The van der Waals surface area contributed by atoms with Crippen LogP contribution >= 0.6 is 0 Å². The molecule has 0 aliphatic carbocycles. The van der Waals surface area contributed by atoms with Crippen LogP contribution in [-0.4, -0.2) is 70.2 Å². The van der Waals surface area contributed by atoms with Crippen molar-refractivity contribution in [3.8, 4) is 11.5 Å². The third-order valence-corrected chi connectivity index (χ3v) is 3.92. The zero-order valence-electron chi connectivity index (χ0n) is 13.8. The summed E-state index contributed by atoms with van der Waals surface area (Å²) in [5, 5.41) is 3.32. The smallest absolute Gasteiger partial charge is 0.244 e. The number of carbonyl (C=O) groups excluding carboxylic acids is 1. The van der Waals surface area contributed by atoms with E-state index in [9.17, 15) is 4.79 Å². The molecule has 1 atom stereocenters. The molecule has 1 amide bonds. The Kier molecular flexibility index (Phi) is 5.63. The molecule has 1 N–H and O–H groups in total. The van der Waals surface area contributed by atoms with E-state index in [1.807, 2.05) is 18.2 Å². The summed E-state index contributed by atoms with van der Waals surface area (Å²) in [6.45, 7) is 3.40. The summed E-state index contributed by atoms with van der Waals surface area (Å²) in [7, 11) is 6.81. The van der Waals surface area contributed by atoms with Gasteiger partial charge in [-0.25, -0.2) is 0 Å². The molecule has 0 saturated carbocycles. The number of nitrogens with zero attached hydrogens (tertiary/aromatic N) is 2. The Morgan fingerprint density at radius 1 is 1.23 bits per heavy atom. The summed E-state index contributed by atoms with van der Waals surface area (Å²) >= 11 is 0. The van der Waals surface area contributed by atoms with Gasteiger partial charge in [0.25, 0.3) is 0 Å². The van der Waals surface area contributed by atoms with Gasteiger partial charge < -0.3 is 19.7 Å². The second-order valence-electron chi connectivity index (χ2n) is 5.53. The first kappa shape index (κ1) is 16.6. The molecule has 0 bridgehead atoms. The molecule has 22 heavy (non-hydrogen) atoms. The highest BCUT2D eigenvalue weighted by atomic mass is 16.5. The van der Waals surface area contributed by atoms with Gasteiger partial charge in [0.1, 0.15) is 17.5 Å². The number of rotatable bonds is 5. The molecule has 6 heteroatoms. The summed E-state index contributed by atoms with van der Waals surface area (Å²) in [5.41, 5.74) is 0.849. The lowest BCUT2D eigenvalue weighted by Crippen LogP contribution is -2.49. The summed E-state index contributed by atoms with van der Waals surface area (Å²) < 4.78 is 10.8. The number of amides is 1. The number of benzene rings is 1. The largest absolute Gasteiger partial charge is 0.497 e. The number of likely N-dealkylation sites (N-methyl/N-ethyl adjacent to an activating group) is 1. The number of nitrogens with one attached hydrogen (secondary N) is 1. The molecule has 0 aromatic heterocycles. The molecule has 1 aromatic rings. The van der Waals surface area contributed by atoms with Crippen LogP contribution < -0.4 is 14.8 Å². The van der Waals surface area contributed by atoms with E-state index in [-0.39, 0.29) is 11.9 Å². The van der Waals surface area contributed by atoms with Gasteiger partial charge in [-0.3, -0.25) is 9.69 Å². The SMILES string of the molecule is COc1ccc(OC)c(C(C(=O)N(C)C)N2CCNCC2)c1. The van der Waals surface area contributed by atoms with Crippen molar-refractivity contribution in [1.82, 2.24) is 15.1 Å². The van der Waals surface area contributed by atoms with E-state index in [1.165, 1.54) is 0 Å². The molecule has 0 spiro atoms. The quantitative estimate of drug-likeness (QED) is 0.869. The fourth-order valence-electron chi connectivity index (χ4n) is 2.72. The van der Waals surface area contributed by atoms with Crippen LogP contribution in [0.4, 0.5) is 0 Å². The first-order valence-corrected chi connectivity index (χ1v) is 7.46. The van der Waals surface area contributed by atoms with E-state index in [2.05, 4.69) is 10.2 Å². The lowest BCUT2D eigenvalue weighted by atomic mass is 10.0. The number of piperazine rings is 1. The Morgan fingerprint density at radius 3 is 2.45 bits per heavy atom. The van der Waals surface area contributed by atoms with Gasteiger partial charge in [0.2, 0.25) is 5.91 Å². The van der Waals surface area contributed by atoms with Crippen molar-refractivity contribution in [2.75, 3.05) is 54.5 Å². The van der Waals surface area contributed by atoms with E-state index >= 15 is 0 Å². The monoisotopic (exact) mass is 307 g/mol. The first-order chi connectivity index (χ1) is 10.6. The van der Waals surface area contributed by atoms with E-state index in [0.717, 1.165) is 37.5 Å². The molecule has 1 saturated heterocycles. The average molecular weight is 307 g/mol. The average Bonchev–Trinajstić information content (AvgIpc) is 2.55. The zero-order chi connectivity index (χ0) is 16.1. The van der Waals surface area contributed by atoms with Crippen molar-refractivity contribution in [1.29, 1.82) is 0 Å². The van der Waals surface area contributed by atoms with Gasteiger partial charge in [0.05, 0.1) is 14.2 Å². The summed E-state index contributed by atoms with van der Waals surface area (Å²) in [6, 6.07) is 5.23. The summed E-state index contributed by atoms with van der Waals surface area (Å²) in [6.07, 6.45) is 0. The summed E-state index contributed by atoms with van der Waals surface area (Å²) in [4.78, 5) is 16.6. The van der Waals surface area contributed by atoms with Crippen molar-refractivity contribution < 1.29 is 14.3 Å². The molecular formula is C16H25N3O3. The number of hydrogen-bond acceptors (Lipinski definition) is 5. The van der Waals surface area contributed by atoms with E-state index in [4.69, 9.17) is 9.47 Å². The Bertz CT molecular complexity index is 513. The van der Waals surface area contributed by atoms with Gasteiger partial charge in [-0.1, -0.05) is 0 Å². The van der Waals surface area contributed by atoms with Crippen molar-refractivity contribution >= 4 is 5.91 Å². The van der Waals surface area contributed by atoms with E-state index in [0.29, 0.717) is 5.75 Å². The van der Waals surface area contributed by atoms with Crippen LogP contribution in [0.3, 0.4) is 0 Å². The van der Waals surface area contributed by atoms with Gasteiger partial charge in [0.15, 0.2) is 0 Å². The van der Waals surface area contributed by atoms with Crippen LogP contribution in [0.2, 0.25) is 0 Å². The second kappa shape index (κ2) is 7.47. The van der Waals surface area contributed by atoms with Crippen LogP contribution in [0.5, 0.6) is 11.5 Å². The molecule has 6 nitrogen and oxygen atoms in total. The fourth-order valence-corrected chi connectivity index (χ4v) is 2.72. The maximum Gasteiger partial charge on any atom is 0.244 e. The highest BCUT2D eigenvalue weighted by Gasteiger charge is 2.32. The van der Waals surface area contributed by atoms with Crippen molar-refractivity contribution in [3.63, 3.8) is 0 Å². The number of carbonyl (C=O) groups is 1. The van der Waals surface area contributed by atoms with Crippen LogP contribution in [0.1, 0.15) is 11.6 Å². The minimum Gasteiger partial charge on any atom is -0.497 e. The van der Waals surface area contributed by atoms with E-state index < -0.39 is 0 Å². The maximum atomic E-state index is 12.8. The highest BCUT2D eigenvalue weighted by molar-refractivity contribution is 5.84. The van der Waals surface area contributed by atoms with Gasteiger partial charge in [-0.05, 0) is 18.2 Å². The van der Waals surface area contributed by atoms with Crippen molar-refractivity contribution in [2.24, 2.45) is 0 Å². The molecule has 2 rings (SSSR count). The van der Waals surface area contributed by atoms with Gasteiger partial charge in [-0.15, -0.1) is 0 Å². The first-order valence-electron chi connectivity index (χ1n) is 7.46. The predicted molar refractivity (Wildman–Crippen MR) is 85.4 cm³/mol. The molecule has 1 heterocycles. The van der Waals surface area contributed by atoms with Gasteiger partial charge in [-0.2, -0.15) is 0 Å². The van der Waals surface area contributed by atoms with Crippen LogP contribution in [0, 0.1) is 0 Å². The van der Waals surface area contributed by atoms with Gasteiger partial charge in [0, 0.05) is 45.8 Å². The third-order valence-electron chi connectivity index (χ3n) is 3.92. The Morgan fingerprint density at radius 2 is 1.91 bits per heavy atom. The molecule has 1 fully saturated rings. The number of ether oxygens (including phenoxy) is 2. The molecule has 1 aromatic carbocycles. The molecule has 0 radical (unpaired) electrons. The van der Waals surface area contributed by atoms with E-state index in [1.54, 1.807) is 33.2 Å². The lowest BCUT2D eigenvalue weighted by molar-refractivity contribution is -0.135. The minimum absolute atomic E-state index is 0.0495. The lowest BCUT2D eigenvalue weighted by Gasteiger charge is -2.36. The zero-order valence-corrected chi connectivity index (χ0v) is 13.8. The normalized spacial score (nSPS) is 16.9. The van der Waals surface area contributed by atoms with Crippen molar-refractivity contribution in [3.05, 3.63) is 23.8 Å². The Labute approximate surface area is 132 Å². The third kappa shape index (κ3) is 3.51. The fraction of sp³-hybridized carbons (Fsp3) is 0.562. The number of methoxy groups -OCH3 is 2. The van der Waals surface area contributed by atoms with Crippen LogP contribution in [0.25, 0.3) is 0 Å². The van der Waals surface area contributed by atoms with Crippen molar-refractivity contribution in [2.45, 2.75) is 6.04 Å². The molecular weight excluding hydrogens is 282 g/mol. The number of hydrogen-bond donors (Lipinski definition) is 1. The molecule has 1 aliphatic rings. The minimum atomic E-state index is -0.359. The highest BCUT2D eigenvalue weighted by Crippen LogP contribution is 2.33.